The zero-order valence-electron chi connectivity index (χ0n) is 6.07. The minimum atomic E-state index is 0.133. The second kappa shape index (κ2) is 2.43. The predicted octanol–water partition coefficient (Wildman–Crippen LogP) is -0.0722. The van der Waals surface area contributed by atoms with Gasteiger partial charge < -0.3 is 5.11 Å². The fourth-order valence-electron chi connectivity index (χ4n) is 1.18. The molecule has 0 amide bonds. The molecule has 0 spiro atoms. The van der Waals surface area contributed by atoms with Crippen molar-refractivity contribution in [1.82, 2.24) is 0 Å². The van der Waals surface area contributed by atoms with Crippen LogP contribution in [-0.4, -0.2) is 35.3 Å². The maximum Gasteiger partial charge on any atom is 0.323 e. The number of aliphatic hydroxyl groups excluding tert-OH is 1. The average molecular weight is 149 g/mol. The van der Waals surface area contributed by atoms with Crippen LogP contribution in [0.1, 0.15) is 0 Å². The van der Waals surface area contributed by atoms with E-state index in [2.05, 4.69) is 4.99 Å². The number of hydrogen-bond acceptors (Lipinski definition) is 2. The third-order valence-corrected chi connectivity index (χ3v) is 1.79. The van der Waals surface area contributed by atoms with Crippen LogP contribution in [0.15, 0.2) is 28.5 Å². The summed E-state index contributed by atoms with van der Waals surface area (Å²) in [5.74, 6) is 0.960. The minimum absolute atomic E-state index is 0.133. The molecule has 0 atom stereocenters. The highest BCUT2D eigenvalue weighted by Crippen LogP contribution is 2.11. The van der Waals surface area contributed by atoms with Gasteiger partial charge in [0.25, 0.3) is 0 Å². The first-order chi connectivity index (χ1) is 5.40. The van der Waals surface area contributed by atoms with E-state index in [9.17, 15) is 0 Å². The maximum atomic E-state index is 8.83. The lowest BCUT2D eigenvalue weighted by Crippen LogP contribution is -2.16. The van der Waals surface area contributed by atoms with Crippen LogP contribution in [0.4, 0.5) is 0 Å². The number of aliphatic imine (C=N–C) groups is 1. The molecule has 0 saturated carbocycles. The van der Waals surface area contributed by atoms with E-state index in [1.807, 2.05) is 22.9 Å². The summed E-state index contributed by atoms with van der Waals surface area (Å²) in [4.78, 5) is 4.11. The molecule has 0 saturated heterocycles. The Labute approximate surface area is 64.7 Å². The topological polar surface area (TPSA) is 35.6 Å². The van der Waals surface area contributed by atoms with Gasteiger partial charge in [0, 0.05) is 6.08 Å². The van der Waals surface area contributed by atoms with E-state index in [0.29, 0.717) is 0 Å². The van der Waals surface area contributed by atoms with E-state index in [4.69, 9.17) is 5.11 Å². The average Bonchev–Trinajstić information content (AvgIpc) is 2.50. The Morgan fingerprint density at radius 2 is 2.45 bits per heavy atom. The molecule has 0 bridgehead atoms. The molecule has 0 aromatic heterocycles. The van der Waals surface area contributed by atoms with Crippen LogP contribution in [-0.2, 0) is 0 Å². The Kier molecular flexibility index (Phi) is 1.43. The van der Waals surface area contributed by atoms with E-state index >= 15 is 0 Å². The van der Waals surface area contributed by atoms with Crippen molar-refractivity contribution in [2.75, 3.05) is 13.2 Å². The molecule has 0 aromatic carbocycles. The molecule has 0 aromatic rings. The van der Waals surface area contributed by atoms with E-state index in [1.165, 1.54) is 0 Å². The van der Waals surface area contributed by atoms with Crippen molar-refractivity contribution in [1.29, 1.82) is 0 Å². The van der Waals surface area contributed by atoms with E-state index in [-0.39, 0.29) is 6.61 Å². The number of rotatable bonds is 1. The summed E-state index contributed by atoms with van der Waals surface area (Å²) in [6.45, 7) is 0.899. The SMILES string of the molecule is OCC1=CC=C2N=CC=[N+]2C1. The monoisotopic (exact) mass is 149 g/mol. The largest absolute Gasteiger partial charge is 0.392 e. The predicted molar refractivity (Wildman–Crippen MR) is 42.9 cm³/mol. The summed E-state index contributed by atoms with van der Waals surface area (Å²) < 4.78 is 2.01. The Hall–Kier alpha value is -1.22. The fourth-order valence-corrected chi connectivity index (χ4v) is 1.18. The normalized spacial score (nSPS) is 20.6. The van der Waals surface area contributed by atoms with Crippen molar-refractivity contribution in [2.45, 2.75) is 0 Å². The van der Waals surface area contributed by atoms with Crippen molar-refractivity contribution in [3.63, 3.8) is 0 Å². The van der Waals surface area contributed by atoms with Crippen molar-refractivity contribution >= 4 is 12.4 Å². The zero-order chi connectivity index (χ0) is 7.68. The quantitative estimate of drug-likeness (QED) is 0.520. The van der Waals surface area contributed by atoms with Crippen LogP contribution < -0.4 is 0 Å². The lowest BCUT2D eigenvalue weighted by molar-refractivity contribution is -0.461. The molecule has 11 heavy (non-hydrogen) atoms. The van der Waals surface area contributed by atoms with Crippen LogP contribution in [0, 0.1) is 0 Å². The second-order valence-electron chi connectivity index (χ2n) is 2.56. The van der Waals surface area contributed by atoms with E-state index in [1.54, 1.807) is 6.21 Å². The van der Waals surface area contributed by atoms with Gasteiger partial charge in [-0.05, 0) is 16.6 Å². The zero-order valence-corrected chi connectivity index (χ0v) is 6.07. The summed E-state index contributed by atoms with van der Waals surface area (Å²) in [5, 5.41) is 8.83. The van der Waals surface area contributed by atoms with Crippen LogP contribution in [0.5, 0.6) is 0 Å². The summed E-state index contributed by atoms with van der Waals surface area (Å²) in [6, 6.07) is 0. The molecule has 2 heterocycles. The van der Waals surface area contributed by atoms with Crippen molar-refractivity contribution < 1.29 is 9.68 Å². The maximum absolute atomic E-state index is 8.83. The first kappa shape index (κ1) is 6.49. The summed E-state index contributed by atoms with van der Waals surface area (Å²) in [6.07, 6.45) is 7.51. The molecule has 3 heteroatoms. The van der Waals surface area contributed by atoms with Gasteiger partial charge in [0.05, 0.1) is 6.61 Å². The Morgan fingerprint density at radius 1 is 1.55 bits per heavy atom. The molecular weight excluding hydrogens is 140 g/mol. The number of hydrogen-bond donors (Lipinski definition) is 1. The molecule has 0 unspecified atom stereocenters. The highest BCUT2D eigenvalue weighted by atomic mass is 16.3. The number of aliphatic hydroxyl groups is 1. The molecule has 0 radical (unpaired) electrons. The Morgan fingerprint density at radius 3 is 3.27 bits per heavy atom. The van der Waals surface area contributed by atoms with Gasteiger partial charge in [0.1, 0.15) is 12.8 Å². The van der Waals surface area contributed by atoms with Gasteiger partial charge in [-0.3, -0.25) is 0 Å². The standard InChI is InChI=1S/C8H9N2O/c11-6-7-1-2-8-9-3-4-10(8)5-7/h1-4,11H,5-6H2/q+1. The van der Waals surface area contributed by atoms with Crippen LogP contribution in [0.25, 0.3) is 0 Å². The number of fused-ring (bicyclic) bond motifs is 1. The van der Waals surface area contributed by atoms with Crippen molar-refractivity contribution in [2.24, 2.45) is 4.99 Å². The third-order valence-electron chi connectivity index (χ3n) is 1.79. The molecular formula is C8H9N2O+. The van der Waals surface area contributed by atoms with E-state index < -0.39 is 0 Å². The summed E-state index contributed by atoms with van der Waals surface area (Å²) in [7, 11) is 0. The molecule has 2 aliphatic heterocycles. The first-order valence-electron chi connectivity index (χ1n) is 3.55. The molecule has 0 fully saturated rings. The number of allylic oxidation sites excluding steroid dienone is 2. The van der Waals surface area contributed by atoms with Crippen molar-refractivity contribution in [3.8, 4) is 0 Å². The third kappa shape index (κ3) is 1.03. The van der Waals surface area contributed by atoms with Gasteiger partial charge in [0.2, 0.25) is 0 Å². The van der Waals surface area contributed by atoms with Crippen LogP contribution in [0.3, 0.4) is 0 Å². The smallest absolute Gasteiger partial charge is 0.323 e. The second-order valence-corrected chi connectivity index (χ2v) is 2.56. The lowest BCUT2D eigenvalue weighted by atomic mass is 10.2. The van der Waals surface area contributed by atoms with Gasteiger partial charge in [-0.25, -0.2) is 4.58 Å². The fraction of sp³-hybridized carbons (Fsp3) is 0.250. The Balaban J connectivity index is 2.30. The highest BCUT2D eigenvalue weighted by Gasteiger charge is 2.19. The molecule has 3 nitrogen and oxygen atoms in total. The first-order valence-corrected chi connectivity index (χ1v) is 3.55. The van der Waals surface area contributed by atoms with Gasteiger partial charge in [-0.2, -0.15) is 0 Å². The van der Waals surface area contributed by atoms with Gasteiger partial charge in [-0.1, -0.05) is 0 Å². The molecule has 2 rings (SSSR count). The number of nitrogens with zero attached hydrogens (tertiary/aromatic N) is 2. The van der Waals surface area contributed by atoms with E-state index in [0.717, 1.165) is 17.9 Å². The summed E-state index contributed by atoms with van der Waals surface area (Å²) >= 11 is 0. The van der Waals surface area contributed by atoms with Gasteiger partial charge >= 0.3 is 5.82 Å². The van der Waals surface area contributed by atoms with Crippen molar-refractivity contribution in [3.05, 3.63) is 23.5 Å². The molecule has 56 valence electrons. The van der Waals surface area contributed by atoms with Crippen LogP contribution >= 0.6 is 0 Å². The molecule has 0 aliphatic carbocycles. The Bertz CT molecular complexity index is 297. The lowest BCUT2D eigenvalue weighted by Gasteiger charge is -2.06. The minimum Gasteiger partial charge on any atom is -0.392 e. The van der Waals surface area contributed by atoms with Gasteiger partial charge in [0.15, 0.2) is 6.21 Å². The highest BCUT2D eigenvalue weighted by molar-refractivity contribution is 6.15. The van der Waals surface area contributed by atoms with Gasteiger partial charge in [-0.15, -0.1) is 0 Å². The molecule has 2 aliphatic rings. The van der Waals surface area contributed by atoms with Crippen LogP contribution in [0.2, 0.25) is 0 Å². The summed E-state index contributed by atoms with van der Waals surface area (Å²) in [5.41, 5.74) is 1.02. The molecule has 1 N–H and O–H groups in total.